The van der Waals surface area contributed by atoms with Gasteiger partial charge in [-0.15, -0.1) is 0 Å². The van der Waals surface area contributed by atoms with E-state index in [-0.39, 0.29) is 18.1 Å². The molecule has 3 N–H and O–H groups in total. The Kier molecular flexibility index (Phi) is 8.45. The number of hydrogen-bond donors (Lipinski definition) is 3. The molecule has 33 heavy (non-hydrogen) atoms. The van der Waals surface area contributed by atoms with E-state index in [1.807, 2.05) is 0 Å². The van der Waals surface area contributed by atoms with Crippen LogP contribution in [0.2, 0.25) is 0 Å². The lowest BCUT2D eigenvalue weighted by atomic mass is 10.1. The standard InChI is InChI=1S/C17H25N5O6.C5H10/c1-10-7-12(21-28-10)15(25)19-8-13(23)20-22(16(26)27-17(2,3)4)9-11-5-6-18-14(11)24;1-5(2)3-4-5/h7,11H,5-6,8-9H2,1-4H3,(H,18,24)(H,19,25)(H,20,23);3-4H2,1-2H3/t11-;/m0./s1. The van der Waals surface area contributed by atoms with Crippen LogP contribution in [0.3, 0.4) is 0 Å². The largest absolute Gasteiger partial charge is 0.442 e. The Balaban J connectivity index is 0.000000678. The maximum absolute atomic E-state index is 12.4. The molecule has 11 nitrogen and oxygen atoms in total. The lowest BCUT2D eigenvalue weighted by molar-refractivity contribution is -0.127. The molecule has 4 amide bonds. The van der Waals surface area contributed by atoms with Gasteiger partial charge in [-0.25, -0.2) is 9.80 Å². The van der Waals surface area contributed by atoms with Crippen molar-refractivity contribution in [2.75, 3.05) is 19.6 Å². The molecule has 1 saturated carbocycles. The molecule has 1 aliphatic heterocycles. The summed E-state index contributed by atoms with van der Waals surface area (Å²) in [6.07, 6.45) is 2.65. The molecule has 1 atom stereocenters. The fourth-order valence-electron chi connectivity index (χ4n) is 2.69. The van der Waals surface area contributed by atoms with Crippen LogP contribution in [0, 0.1) is 18.3 Å². The van der Waals surface area contributed by atoms with Crippen LogP contribution in [0.1, 0.15) is 70.1 Å². The second-order valence-electron chi connectivity index (χ2n) is 10.1. The Morgan fingerprint density at radius 2 is 1.94 bits per heavy atom. The number of ether oxygens (including phenoxy) is 1. The number of hydrogen-bond acceptors (Lipinski definition) is 7. The highest BCUT2D eigenvalue weighted by Crippen LogP contribution is 2.43. The summed E-state index contributed by atoms with van der Waals surface area (Å²) < 4.78 is 10.1. The monoisotopic (exact) mass is 465 g/mol. The van der Waals surface area contributed by atoms with Crippen molar-refractivity contribution < 1.29 is 28.4 Å². The number of amides is 4. The number of carbonyl (C=O) groups is 4. The average molecular weight is 466 g/mol. The van der Waals surface area contributed by atoms with Gasteiger partial charge in [0.2, 0.25) is 5.91 Å². The molecule has 0 spiro atoms. The van der Waals surface area contributed by atoms with E-state index in [2.05, 4.69) is 35.1 Å². The maximum Gasteiger partial charge on any atom is 0.429 e. The van der Waals surface area contributed by atoms with Crippen molar-refractivity contribution in [3.8, 4) is 0 Å². The number of nitrogens with one attached hydrogen (secondary N) is 3. The van der Waals surface area contributed by atoms with Crippen molar-refractivity contribution in [2.45, 2.75) is 66.4 Å². The third-order valence-electron chi connectivity index (χ3n) is 4.96. The smallest absolute Gasteiger partial charge is 0.429 e. The molecule has 2 aliphatic rings. The molecule has 3 rings (SSSR count). The van der Waals surface area contributed by atoms with Crippen LogP contribution in [0.4, 0.5) is 4.79 Å². The first-order valence-electron chi connectivity index (χ1n) is 11.0. The molecule has 0 bridgehead atoms. The highest BCUT2D eigenvalue weighted by molar-refractivity contribution is 5.95. The third kappa shape index (κ3) is 9.50. The minimum atomic E-state index is -0.793. The lowest BCUT2D eigenvalue weighted by Crippen LogP contribution is -2.53. The molecule has 0 unspecified atom stereocenters. The quantitative estimate of drug-likeness (QED) is 0.564. The van der Waals surface area contributed by atoms with Gasteiger partial charge in [-0.1, -0.05) is 19.0 Å². The summed E-state index contributed by atoms with van der Waals surface area (Å²) in [7, 11) is 0. The molecule has 2 heterocycles. The number of carbonyl (C=O) groups excluding carboxylic acids is 4. The summed E-state index contributed by atoms with van der Waals surface area (Å²) in [6, 6.07) is 1.43. The van der Waals surface area contributed by atoms with Gasteiger partial charge in [0.25, 0.3) is 11.8 Å². The molecule has 1 saturated heterocycles. The second kappa shape index (κ2) is 10.7. The highest BCUT2D eigenvalue weighted by atomic mass is 16.6. The van der Waals surface area contributed by atoms with E-state index in [1.54, 1.807) is 27.7 Å². The summed E-state index contributed by atoms with van der Waals surface area (Å²) in [5.74, 6) is -1.44. The number of nitrogens with zero attached hydrogens (tertiary/aromatic N) is 2. The van der Waals surface area contributed by atoms with Gasteiger partial charge in [0.15, 0.2) is 5.69 Å². The number of hydrazine groups is 1. The Hall–Kier alpha value is -3.11. The van der Waals surface area contributed by atoms with Gasteiger partial charge in [-0.2, -0.15) is 0 Å². The molecule has 0 aromatic carbocycles. The molecule has 2 fully saturated rings. The minimum absolute atomic E-state index is 0.0388. The fraction of sp³-hybridized carbons (Fsp3) is 0.682. The molecule has 1 aliphatic carbocycles. The predicted octanol–water partition coefficient (Wildman–Crippen LogP) is 1.92. The van der Waals surface area contributed by atoms with Gasteiger partial charge in [0.1, 0.15) is 11.4 Å². The molecule has 1 aromatic rings. The summed E-state index contributed by atoms with van der Waals surface area (Å²) in [4.78, 5) is 48.3. The Morgan fingerprint density at radius 3 is 2.39 bits per heavy atom. The first-order valence-corrected chi connectivity index (χ1v) is 11.0. The molecule has 1 aromatic heterocycles. The van der Waals surface area contributed by atoms with Gasteiger partial charge in [0, 0.05) is 12.6 Å². The van der Waals surface area contributed by atoms with Crippen LogP contribution in [0.25, 0.3) is 0 Å². The Bertz CT molecular complexity index is 867. The van der Waals surface area contributed by atoms with E-state index in [0.717, 1.165) is 10.4 Å². The number of rotatable bonds is 5. The highest BCUT2D eigenvalue weighted by Gasteiger charge is 2.32. The Morgan fingerprint density at radius 1 is 1.30 bits per heavy atom. The fourth-order valence-corrected chi connectivity index (χ4v) is 2.69. The average Bonchev–Trinajstić information content (AvgIpc) is 3.04. The predicted molar refractivity (Wildman–Crippen MR) is 119 cm³/mol. The first-order chi connectivity index (χ1) is 15.3. The van der Waals surface area contributed by atoms with Crippen LogP contribution in [-0.4, -0.2) is 59.2 Å². The van der Waals surface area contributed by atoms with Gasteiger partial charge < -0.3 is 19.9 Å². The zero-order chi connectivity index (χ0) is 24.8. The van der Waals surface area contributed by atoms with Crippen molar-refractivity contribution in [3.63, 3.8) is 0 Å². The van der Waals surface area contributed by atoms with Crippen LogP contribution < -0.4 is 16.1 Å². The van der Waals surface area contributed by atoms with Crippen LogP contribution in [0.5, 0.6) is 0 Å². The van der Waals surface area contributed by atoms with Crippen LogP contribution in [0.15, 0.2) is 10.6 Å². The second-order valence-corrected chi connectivity index (χ2v) is 10.1. The normalized spacial score (nSPS) is 18.4. The maximum atomic E-state index is 12.4. The van der Waals surface area contributed by atoms with E-state index in [4.69, 9.17) is 9.26 Å². The lowest BCUT2D eigenvalue weighted by Gasteiger charge is -2.28. The van der Waals surface area contributed by atoms with Gasteiger partial charge in [-0.05, 0) is 52.4 Å². The molecule has 0 radical (unpaired) electrons. The molecule has 184 valence electrons. The minimum Gasteiger partial charge on any atom is -0.442 e. The van der Waals surface area contributed by atoms with Gasteiger partial charge in [0.05, 0.1) is 19.0 Å². The van der Waals surface area contributed by atoms with Crippen LogP contribution >= 0.6 is 0 Å². The SMILES string of the molecule is CC1(C)CC1.Cc1cc(C(=O)NCC(=O)NN(C[C@@H]2CCNC2=O)C(=O)OC(C)(C)C)no1. The van der Waals surface area contributed by atoms with E-state index >= 15 is 0 Å². The topological polar surface area (TPSA) is 143 Å². The van der Waals surface area contributed by atoms with E-state index in [9.17, 15) is 19.2 Å². The van der Waals surface area contributed by atoms with E-state index < -0.39 is 36.0 Å². The first kappa shape index (κ1) is 26.1. The van der Waals surface area contributed by atoms with Crippen molar-refractivity contribution in [1.82, 2.24) is 26.2 Å². The molecular weight excluding hydrogens is 430 g/mol. The summed E-state index contributed by atoms with van der Waals surface area (Å²) in [6.45, 7) is 11.4. The van der Waals surface area contributed by atoms with Crippen molar-refractivity contribution >= 4 is 23.8 Å². The van der Waals surface area contributed by atoms with Crippen molar-refractivity contribution in [3.05, 3.63) is 17.5 Å². The number of aromatic nitrogens is 1. The van der Waals surface area contributed by atoms with Gasteiger partial charge in [-0.3, -0.25) is 19.8 Å². The molecular formula is C22H35N5O6. The van der Waals surface area contributed by atoms with Crippen molar-refractivity contribution in [1.29, 1.82) is 0 Å². The summed E-state index contributed by atoms with van der Waals surface area (Å²) in [5, 5.41) is 9.55. The van der Waals surface area contributed by atoms with Crippen molar-refractivity contribution in [2.24, 2.45) is 11.3 Å². The summed E-state index contributed by atoms with van der Waals surface area (Å²) in [5.41, 5.74) is 2.39. The van der Waals surface area contributed by atoms with E-state index in [0.29, 0.717) is 18.7 Å². The van der Waals surface area contributed by atoms with E-state index in [1.165, 1.54) is 18.9 Å². The van der Waals surface area contributed by atoms with Crippen LogP contribution in [-0.2, 0) is 14.3 Å². The van der Waals surface area contributed by atoms with Gasteiger partial charge >= 0.3 is 6.09 Å². The number of aryl methyl sites for hydroxylation is 1. The Labute approximate surface area is 193 Å². The zero-order valence-corrected chi connectivity index (χ0v) is 20.2. The third-order valence-corrected chi connectivity index (χ3v) is 4.96. The zero-order valence-electron chi connectivity index (χ0n) is 20.2. The molecule has 11 heteroatoms. The summed E-state index contributed by atoms with van der Waals surface area (Å²) >= 11 is 0.